The van der Waals surface area contributed by atoms with E-state index in [9.17, 15) is 14.7 Å². The van der Waals surface area contributed by atoms with Crippen LogP contribution in [0.5, 0.6) is 11.5 Å². The maximum Gasteiger partial charge on any atom is 0.410 e. The van der Waals surface area contributed by atoms with Crippen molar-refractivity contribution in [1.82, 2.24) is 14.8 Å². The van der Waals surface area contributed by atoms with Gasteiger partial charge in [0.2, 0.25) is 0 Å². The molecule has 2 fully saturated rings. The average Bonchev–Trinajstić information content (AvgIpc) is 3.07. The van der Waals surface area contributed by atoms with Crippen LogP contribution >= 0.6 is 11.6 Å². The van der Waals surface area contributed by atoms with Crippen molar-refractivity contribution in [2.75, 3.05) is 58.0 Å². The van der Waals surface area contributed by atoms with Gasteiger partial charge in [0.05, 0.1) is 37.4 Å². The summed E-state index contributed by atoms with van der Waals surface area (Å²) in [6.45, 7) is 10.8. The zero-order valence-corrected chi connectivity index (χ0v) is 26.0. The number of fused-ring (bicyclic) bond motifs is 2. The highest BCUT2D eigenvalue weighted by atomic mass is 35.5. The topological polar surface area (TPSA) is 114 Å². The normalized spacial score (nSPS) is 24.2. The predicted molar refractivity (Wildman–Crippen MR) is 157 cm³/mol. The van der Waals surface area contributed by atoms with Gasteiger partial charge in [0, 0.05) is 26.7 Å². The van der Waals surface area contributed by atoms with Crippen LogP contribution < -0.4 is 9.64 Å². The van der Waals surface area contributed by atoms with E-state index in [0.717, 1.165) is 0 Å². The Labute approximate surface area is 255 Å². The number of pyridine rings is 1. The molecule has 1 aromatic carbocycles. The lowest BCUT2D eigenvalue weighted by Crippen LogP contribution is -2.59. The number of ether oxygens (including phenoxy) is 4. The largest absolute Gasteiger partial charge is 0.507 e. The van der Waals surface area contributed by atoms with Gasteiger partial charge in [-0.1, -0.05) is 17.7 Å². The van der Waals surface area contributed by atoms with Gasteiger partial charge in [-0.3, -0.25) is 4.79 Å². The first-order valence-electron chi connectivity index (χ1n) is 14.3. The average molecular weight is 621 g/mol. The van der Waals surface area contributed by atoms with Crippen molar-refractivity contribution in [3.05, 3.63) is 34.6 Å². The van der Waals surface area contributed by atoms with Gasteiger partial charge in [-0.05, 0) is 46.8 Å². The molecule has 2 amide bonds. The number of methoxy groups -OCH3 is 1. The van der Waals surface area contributed by atoms with Gasteiger partial charge in [-0.25, -0.2) is 14.2 Å². The summed E-state index contributed by atoms with van der Waals surface area (Å²) >= 11 is 6.86. The number of piperazine rings is 1. The Bertz CT molecular complexity index is 1400. The maximum atomic E-state index is 15.2. The summed E-state index contributed by atoms with van der Waals surface area (Å²) in [5, 5.41) is 10.6. The molecule has 1 aromatic heterocycles. The first kappa shape index (κ1) is 31.1. The smallest absolute Gasteiger partial charge is 0.410 e. The van der Waals surface area contributed by atoms with E-state index in [4.69, 9.17) is 35.5 Å². The second kappa shape index (κ2) is 11.6. The van der Waals surface area contributed by atoms with E-state index in [0.29, 0.717) is 13.2 Å². The van der Waals surface area contributed by atoms with Crippen LogP contribution in [0, 0.1) is 5.82 Å². The SMILES string of the molecule is COCC1(C)CN(c2nc(-c3c(O)cccc3F)c(Cl)c3c2C(=O)N2CCN(C(=O)OC(C)(C)C)C[C@@H]2CO3)[C@@H](C)CO1. The Morgan fingerprint density at radius 2 is 1.98 bits per heavy atom. The van der Waals surface area contributed by atoms with Gasteiger partial charge in [0.15, 0.2) is 5.75 Å². The van der Waals surface area contributed by atoms with Crippen molar-refractivity contribution in [1.29, 1.82) is 0 Å². The van der Waals surface area contributed by atoms with Crippen molar-refractivity contribution in [2.24, 2.45) is 0 Å². The van der Waals surface area contributed by atoms with Gasteiger partial charge >= 0.3 is 6.09 Å². The molecule has 3 aliphatic rings. The van der Waals surface area contributed by atoms with E-state index >= 15 is 4.39 Å². The summed E-state index contributed by atoms with van der Waals surface area (Å²) in [5.74, 6) is -1.19. The molecule has 3 aliphatic heterocycles. The highest BCUT2D eigenvalue weighted by molar-refractivity contribution is 6.35. The van der Waals surface area contributed by atoms with E-state index in [1.807, 2.05) is 18.7 Å². The molecular weight excluding hydrogens is 583 g/mol. The Hall–Kier alpha value is -3.35. The molecule has 0 radical (unpaired) electrons. The minimum atomic E-state index is -0.732. The van der Waals surface area contributed by atoms with Crippen LogP contribution in [-0.2, 0) is 14.2 Å². The van der Waals surface area contributed by atoms with Crippen LogP contribution in [0.15, 0.2) is 18.2 Å². The quantitative estimate of drug-likeness (QED) is 0.533. The molecule has 2 aromatic rings. The molecule has 13 heteroatoms. The highest BCUT2D eigenvalue weighted by Crippen LogP contribution is 2.46. The zero-order chi connectivity index (χ0) is 31.3. The monoisotopic (exact) mass is 620 g/mol. The number of aromatic hydroxyl groups is 1. The number of carbonyl (C=O) groups excluding carboxylic acids is 2. The minimum absolute atomic E-state index is 0.0178. The van der Waals surface area contributed by atoms with E-state index in [2.05, 4.69) is 0 Å². The Kier molecular flexibility index (Phi) is 8.40. The molecule has 0 saturated carbocycles. The fourth-order valence-corrected chi connectivity index (χ4v) is 6.00. The molecule has 0 aliphatic carbocycles. The lowest BCUT2D eigenvalue weighted by Gasteiger charge is -2.45. The minimum Gasteiger partial charge on any atom is -0.507 e. The highest BCUT2D eigenvalue weighted by Gasteiger charge is 2.44. The Morgan fingerprint density at radius 1 is 1.23 bits per heavy atom. The Morgan fingerprint density at radius 3 is 2.65 bits per heavy atom. The molecule has 43 heavy (non-hydrogen) atoms. The summed E-state index contributed by atoms with van der Waals surface area (Å²) in [4.78, 5) is 37.1. The van der Waals surface area contributed by atoms with Crippen molar-refractivity contribution in [2.45, 2.75) is 57.9 Å². The van der Waals surface area contributed by atoms with Crippen LogP contribution in [-0.4, -0.2) is 108 Å². The number of carbonyl (C=O) groups is 2. The molecule has 0 bridgehead atoms. The second-order valence-electron chi connectivity index (χ2n) is 12.5. The maximum absolute atomic E-state index is 15.2. The molecule has 11 nitrogen and oxygen atoms in total. The van der Waals surface area contributed by atoms with Crippen molar-refractivity contribution in [3.63, 3.8) is 0 Å². The summed E-state index contributed by atoms with van der Waals surface area (Å²) in [6.07, 6.45) is -0.473. The summed E-state index contributed by atoms with van der Waals surface area (Å²) in [7, 11) is 1.58. The van der Waals surface area contributed by atoms with Crippen LogP contribution in [0.3, 0.4) is 0 Å². The number of halogens is 2. The number of nitrogens with zero attached hydrogens (tertiary/aromatic N) is 4. The number of benzene rings is 1. The standard InChI is InChI=1S/C30H38ClFN4O7/c1-17-13-42-30(5,16-40-6)15-36(17)26-22-25(23(31)24(33-26)21-19(32)8-7-9-20(21)37)41-14-18-12-34(10-11-35(18)27(22)38)28(39)43-29(2,3)4/h7-9,17-18,37H,10-16H2,1-6H3/t17-,18+,30?/m0/s1. The first-order valence-corrected chi connectivity index (χ1v) is 14.6. The predicted octanol–water partition coefficient (Wildman–Crippen LogP) is 4.33. The molecule has 1 N–H and O–H groups in total. The molecular formula is C30H38ClFN4O7. The van der Waals surface area contributed by atoms with Crippen LogP contribution in [0.4, 0.5) is 15.0 Å². The lowest BCUT2D eigenvalue weighted by molar-refractivity contribution is -0.0941. The molecule has 1 unspecified atom stereocenters. The number of morpholine rings is 1. The van der Waals surface area contributed by atoms with Crippen molar-refractivity contribution < 1.29 is 38.0 Å². The van der Waals surface area contributed by atoms with Crippen LogP contribution in [0.1, 0.15) is 45.0 Å². The van der Waals surface area contributed by atoms with Crippen LogP contribution in [0.2, 0.25) is 5.02 Å². The van der Waals surface area contributed by atoms with E-state index in [-0.39, 0.29) is 84.0 Å². The number of hydrogen-bond acceptors (Lipinski definition) is 9. The first-order chi connectivity index (χ1) is 20.2. The number of rotatable bonds is 4. The number of phenols is 1. The van der Waals surface area contributed by atoms with Crippen LogP contribution in [0.25, 0.3) is 11.3 Å². The summed E-state index contributed by atoms with van der Waals surface area (Å²) < 4.78 is 38.5. The molecule has 4 heterocycles. The van der Waals surface area contributed by atoms with Crippen molar-refractivity contribution >= 4 is 29.4 Å². The van der Waals surface area contributed by atoms with E-state index < -0.39 is 29.2 Å². The molecule has 234 valence electrons. The van der Waals surface area contributed by atoms with Gasteiger partial charge in [-0.15, -0.1) is 0 Å². The van der Waals surface area contributed by atoms with Gasteiger partial charge in [0.1, 0.15) is 51.5 Å². The molecule has 0 spiro atoms. The Balaban J connectivity index is 1.62. The van der Waals surface area contributed by atoms with Gasteiger partial charge < -0.3 is 38.8 Å². The second-order valence-corrected chi connectivity index (χ2v) is 12.9. The van der Waals surface area contributed by atoms with E-state index in [1.54, 1.807) is 37.7 Å². The zero-order valence-electron chi connectivity index (χ0n) is 25.3. The fraction of sp³-hybridized carbons (Fsp3) is 0.567. The lowest BCUT2D eigenvalue weighted by atomic mass is 10.0. The third kappa shape index (κ3) is 6.05. The number of phenolic OH excluding ortho intramolecular Hbond substituents is 1. The third-order valence-electron chi connectivity index (χ3n) is 7.76. The number of hydrogen-bond donors (Lipinski definition) is 1. The fourth-order valence-electron chi connectivity index (χ4n) is 5.71. The summed E-state index contributed by atoms with van der Waals surface area (Å²) in [6, 6.07) is 3.17. The van der Waals surface area contributed by atoms with Gasteiger partial charge in [-0.2, -0.15) is 0 Å². The molecule has 3 atom stereocenters. The third-order valence-corrected chi connectivity index (χ3v) is 8.12. The number of aromatic nitrogens is 1. The number of anilines is 1. The van der Waals surface area contributed by atoms with Gasteiger partial charge in [0.25, 0.3) is 5.91 Å². The molecule has 5 rings (SSSR count). The summed E-state index contributed by atoms with van der Waals surface area (Å²) in [5.41, 5.74) is -1.53. The number of amides is 2. The van der Waals surface area contributed by atoms with Crippen molar-refractivity contribution in [3.8, 4) is 22.8 Å². The van der Waals surface area contributed by atoms with E-state index in [1.165, 1.54) is 18.2 Å². The molecule has 2 saturated heterocycles.